The van der Waals surface area contributed by atoms with E-state index in [1.807, 2.05) is 42.0 Å². The number of benzene rings is 2. The highest BCUT2D eigenvalue weighted by molar-refractivity contribution is 6.35. The minimum absolute atomic E-state index is 0.0988. The predicted molar refractivity (Wildman–Crippen MR) is 151 cm³/mol. The van der Waals surface area contributed by atoms with Gasteiger partial charge in [0.2, 0.25) is 6.21 Å². The average molecular weight is 569 g/mol. The van der Waals surface area contributed by atoms with Crippen LogP contribution in [0.15, 0.2) is 66.5 Å². The van der Waals surface area contributed by atoms with E-state index in [1.54, 1.807) is 30.3 Å². The first-order valence-electron chi connectivity index (χ1n) is 13.1. The first-order chi connectivity index (χ1) is 18.9. The third kappa shape index (κ3) is 5.65. The van der Waals surface area contributed by atoms with E-state index < -0.39 is 12.2 Å². The summed E-state index contributed by atoms with van der Waals surface area (Å²) in [4.78, 5) is 13.6. The summed E-state index contributed by atoms with van der Waals surface area (Å²) in [5.41, 5.74) is 1.94. The van der Waals surface area contributed by atoms with Crippen molar-refractivity contribution in [3.63, 3.8) is 0 Å². The van der Waals surface area contributed by atoms with E-state index in [0.29, 0.717) is 51.5 Å². The molecule has 0 amide bonds. The van der Waals surface area contributed by atoms with Gasteiger partial charge in [0.15, 0.2) is 28.7 Å². The highest BCUT2D eigenvalue weighted by Gasteiger charge is 2.36. The maximum absolute atomic E-state index is 13.6. The molecule has 39 heavy (non-hydrogen) atoms. The van der Waals surface area contributed by atoms with Crippen LogP contribution in [0.5, 0.6) is 17.2 Å². The maximum Gasteiger partial charge on any atom is 0.251 e. The molecule has 5 rings (SSSR count). The lowest BCUT2D eigenvalue weighted by molar-refractivity contribution is -0.406. The number of nitrogens with zero attached hydrogens (tertiary/aromatic N) is 2. The van der Waals surface area contributed by atoms with Gasteiger partial charge in [-0.15, -0.1) is 0 Å². The summed E-state index contributed by atoms with van der Waals surface area (Å²) in [6.07, 6.45) is 7.63. The highest BCUT2D eigenvalue weighted by atomic mass is 35.5. The van der Waals surface area contributed by atoms with Crippen LogP contribution in [0.1, 0.15) is 48.7 Å². The van der Waals surface area contributed by atoms with Crippen molar-refractivity contribution < 1.29 is 23.7 Å². The summed E-state index contributed by atoms with van der Waals surface area (Å²) in [5.74, 6) is 0.405. The number of hydrogen-bond acceptors (Lipinski definition) is 5. The van der Waals surface area contributed by atoms with E-state index in [2.05, 4.69) is 0 Å². The molecule has 1 aliphatic heterocycles. The Morgan fingerprint density at radius 2 is 1.92 bits per heavy atom. The van der Waals surface area contributed by atoms with Gasteiger partial charge in [-0.05, 0) is 50.0 Å². The summed E-state index contributed by atoms with van der Waals surface area (Å²) < 4.78 is 21.4. The van der Waals surface area contributed by atoms with Gasteiger partial charge in [-0.25, -0.2) is 0 Å². The van der Waals surface area contributed by atoms with Crippen molar-refractivity contribution in [2.45, 2.75) is 45.4 Å². The second kappa shape index (κ2) is 11.8. The minimum atomic E-state index is -1.05. The molecule has 2 aromatic carbocycles. The third-order valence-corrected chi connectivity index (χ3v) is 7.76. The van der Waals surface area contributed by atoms with Crippen molar-refractivity contribution in [2.75, 3.05) is 7.11 Å². The number of hydroxylamine groups is 1. The molecule has 204 valence electrons. The molecule has 2 aliphatic rings. The molecule has 0 N–H and O–H groups in total. The van der Waals surface area contributed by atoms with Gasteiger partial charge in [-0.3, -0.25) is 4.79 Å². The SMILES string of the molecule is CCC(C(=O)c1ccccc1)C(Oc1ccc(Cl)cc1Cl)Oc1cn2c(c1OC)C=[N+]([O-])C1=CCCC[C@H]1C2. The van der Waals surface area contributed by atoms with Crippen molar-refractivity contribution in [2.24, 2.45) is 11.8 Å². The minimum Gasteiger partial charge on any atom is -0.618 e. The summed E-state index contributed by atoms with van der Waals surface area (Å²) in [7, 11) is 1.53. The second-order valence-corrected chi connectivity index (χ2v) is 10.5. The number of carbonyl (C=O) groups is 1. The molecular weight excluding hydrogens is 539 g/mol. The fourth-order valence-corrected chi connectivity index (χ4v) is 5.69. The molecule has 3 atom stereocenters. The Balaban J connectivity index is 1.54. The Hall–Kier alpha value is -3.42. The normalized spacial score (nSPS) is 18.0. The van der Waals surface area contributed by atoms with Crippen LogP contribution in [-0.2, 0) is 6.54 Å². The number of aromatic nitrogens is 1. The molecule has 2 unspecified atom stereocenters. The number of allylic oxidation sites excluding steroid dienone is 2. The smallest absolute Gasteiger partial charge is 0.251 e. The van der Waals surface area contributed by atoms with Crippen LogP contribution in [0.2, 0.25) is 10.0 Å². The first kappa shape index (κ1) is 27.2. The second-order valence-electron chi connectivity index (χ2n) is 9.70. The zero-order valence-electron chi connectivity index (χ0n) is 21.8. The molecule has 1 aromatic heterocycles. The van der Waals surface area contributed by atoms with Crippen LogP contribution in [0.25, 0.3) is 0 Å². The Morgan fingerprint density at radius 3 is 2.64 bits per heavy atom. The van der Waals surface area contributed by atoms with E-state index in [0.717, 1.165) is 29.7 Å². The Morgan fingerprint density at radius 1 is 1.15 bits per heavy atom. The van der Waals surface area contributed by atoms with Crippen molar-refractivity contribution >= 4 is 35.2 Å². The molecule has 0 saturated heterocycles. The van der Waals surface area contributed by atoms with Gasteiger partial charge >= 0.3 is 0 Å². The molecule has 9 heteroatoms. The van der Waals surface area contributed by atoms with Crippen molar-refractivity contribution in [3.05, 3.63) is 93.0 Å². The summed E-state index contributed by atoms with van der Waals surface area (Å²) in [6, 6.07) is 13.9. The van der Waals surface area contributed by atoms with E-state index in [-0.39, 0.29) is 11.7 Å². The van der Waals surface area contributed by atoms with Gasteiger partial charge in [0.25, 0.3) is 6.29 Å². The maximum atomic E-state index is 13.6. The lowest BCUT2D eigenvalue weighted by Gasteiger charge is -2.27. The highest BCUT2D eigenvalue weighted by Crippen LogP contribution is 2.39. The van der Waals surface area contributed by atoms with Gasteiger partial charge in [0, 0.05) is 17.1 Å². The standard InChI is InChI=1S/C30H30Cl2N2O5/c1-3-22(28(35)19-9-5-4-6-10-19)30(38-26-14-13-21(31)15-23(26)32)39-27-18-33-16-20-11-7-8-12-24(20)34(36)17-25(33)29(27)37-2/h4-6,9-10,12-15,17-18,20,22,30H,3,7-8,11,16H2,1-2H3/t20-,22?,30?/m0/s1. The number of methoxy groups -OCH3 is 1. The van der Waals surface area contributed by atoms with E-state index >= 15 is 0 Å². The predicted octanol–water partition coefficient (Wildman–Crippen LogP) is 7.12. The van der Waals surface area contributed by atoms with Crippen LogP contribution < -0.4 is 14.2 Å². The number of ketones is 1. The molecule has 3 aromatic rings. The number of ether oxygens (including phenoxy) is 3. The molecule has 0 radical (unpaired) electrons. The van der Waals surface area contributed by atoms with Crippen LogP contribution in [0.4, 0.5) is 0 Å². The summed E-state index contributed by atoms with van der Waals surface area (Å²) in [5, 5.41) is 13.8. The quantitative estimate of drug-likeness (QED) is 0.119. The fraction of sp³-hybridized carbons (Fsp3) is 0.333. The molecule has 0 spiro atoms. The van der Waals surface area contributed by atoms with E-state index in [1.165, 1.54) is 13.3 Å². The zero-order chi connectivity index (χ0) is 27.5. The van der Waals surface area contributed by atoms with Crippen LogP contribution in [0.3, 0.4) is 0 Å². The third-order valence-electron chi connectivity index (χ3n) is 7.23. The number of carbonyl (C=O) groups excluding carboxylic acids is 1. The Bertz CT molecular complexity index is 1420. The first-order valence-corrected chi connectivity index (χ1v) is 13.8. The topological polar surface area (TPSA) is 75.8 Å². The molecule has 0 fully saturated rings. The van der Waals surface area contributed by atoms with Gasteiger partial charge < -0.3 is 24.0 Å². The lowest BCUT2D eigenvalue weighted by Crippen LogP contribution is -2.37. The largest absolute Gasteiger partial charge is 0.618 e. The fourth-order valence-electron chi connectivity index (χ4n) is 5.23. The summed E-state index contributed by atoms with van der Waals surface area (Å²) in [6.45, 7) is 2.52. The van der Waals surface area contributed by atoms with Crippen molar-refractivity contribution in [3.8, 4) is 17.2 Å². The Kier molecular flexibility index (Phi) is 8.19. The van der Waals surface area contributed by atoms with Crippen LogP contribution in [0, 0.1) is 17.0 Å². The molecule has 7 nitrogen and oxygen atoms in total. The number of hydrogen-bond donors (Lipinski definition) is 0. The molecule has 0 bridgehead atoms. The van der Waals surface area contributed by atoms with E-state index in [9.17, 15) is 10.0 Å². The Labute approximate surface area is 237 Å². The van der Waals surface area contributed by atoms with Gasteiger partial charge in [0.05, 0.1) is 30.2 Å². The van der Waals surface area contributed by atoms with Gasteiger partial charge in [-0.1, -0.05) is 60.5 Å². The lowest BCUT2D eigenvalue weighted by atomic mass is 9.92. The number of halogens is 2. The molecule has 0 saturated carbocycles. The molecule has 1 aliphatic carbocycles. The van der Waals surface area contributed by atoms with Gasteiger partial charge in [-0.2, -0.15) is 4.74 Å². The van der Waals surface area contributed by atoms with E-state index in [4.69, 9.17) is 37.4 Å². The van der Waals surface area contributed by atoms with Gasteiger partial charge in [0.1, 0.15) is 5.75 Å². The monoisotopic (exact) mass is 568 g/mol. The molecule has 2 heterocycles. The molecular formula is C30H30Cl2N2O5. The summed E-state index contributed by atoms with van der Waals surface area (Å²) >= 11 is 12.5. The average Bonchev–Trinajstić information content (AvgIpc) is 3.18. The number of fused-ring (bicyclic) bond motifs is 2. The van der Waals surface area contributed by atoms with Crippen molar-refractivity contribution in [1.29, 1.82) is 0 Å². The number of rotatable bonds is 9. The van der Waals surface area contributed by atoms with Crippen LogP contribution >= 0.6 is 23.2 Å². The zero-order valence-corrected chi connectivity index (χ0v) is 23.3. The number of Topliss-reactive ketones (excluding diaryl/α,β-unsaturated/α-hetero) is 1. The van der Waals surface area contributed by atoms with Crippen molar-refractivity contribution in [1.82, 2.24) is 4.57 Å². The van der Waals surface area contributed by atoms with Crippen LogP contribution in [-0.4, -0.2) is 34.7 Å².